The van der Waals surface area contributed by atoms with Gasteiger partial charge in [0.2, 0.25) is 0 Å². The lowest BCUT2D eigenvalue weighted by Gasteiger charge is -2.26. The Kier molecular flexibility index (Phi) is 8.81. The highest BCUT2D eigenvalue weighted by atomic mass is 16.4. The molecule has 5 nitrogen and oxygen atoms in total. The minimum Gasteiger partial charge on any atom is -0.409 e. The Hall–Kier alpha value is -0.810. The minimum absolute atomic E-state index is 0.226. The summed E-state index contributed by atoms with van der Waals surface area (Å²) < 4.78 is 0. The van der Waals surface area contributed by atoms with Gasteiger partial charge >= 0.3 is 0 Å². The molecule has 1 unspecified atom stereocenters. The maximum Gasteiger partial charge on any atom is 0.144 e. The Morgan fingerprint density at radius 1 is 1.30 bits per heavy atom. The van der Waals surface area contributed by atoms with E-state index < -0.39 is 0 Å². The molecule has 0 saturated heterocycles. The predicted molar refractivity (Wildman–Crippen MR) is 86.2 cm³/mol. The van der Waals surface area contributed by atoms with Gasteiger partial charge in [-0.15, -0.1) is 0 Å². The first-order valence-corrected chi connectivity index (χ1v) is 7.57. The third kappa shape index (κ3) is 7.70. The van der Waals surface area contributed by atoms with Gasteiger partial charge in [-0.2, -0.15) is 0 Å². The first-order chi connectivity index (χ1) is 9.20. The largest absolute Gasteiger partial charge is 0.409 e. The van der Waals surface area contributed by atoms with Crippen LogP contribution in [0.3, 0.4) is 0 Å². The summed E-state index contributed by atoms with van der Waals surface area (Å²) >= 11 is 0. The molecule has 0 spiro atoms. The first kappa shape index (κ1) is 19.2. The maximum absolute atomic E-state index is 8.74. The fourth-order valence-electron chi connectivity index (χ4n) is 2.15. The number of rotatable bonds is 10. The molecule has 4 N–H and O–H groups in total. The molecule has 0 amide bonds. The zero-order chi connectivity index (χ0) is 15.8. The van der Waals surface area contributed by atoms with E-state index in [9.17, 15) is 0 Å². The average Bonchev–Trinajstić information content (AvgIpc) is 2.35. The summed E-state index contributed by atoms with van der Waals surface area (Å²) in [7, 11) is 4.22. The molecular weight excluding hydrogens is 252 g/mol. The van der Waals surface area contributed by atoms with Gasteiger partial charge in [-0.25, -0.2) is 0 Å². The Labute approximate surface area is 124 Å². The molecule has 1 atom stereocenters. The Morgan fingerprint density at radius 2 is 1.90 bits per heavy atom. The SMILES string of the molecule is CC(C)C(CN(C)C)NCCCCC(C)(C)C(N)=NO. The lowest BCUT2D eigenvalue weighted by atomic mass is 9.86. The zero-order valence-corrected chi connectivity index (χ0v) is 14.1. The summed E-state index contributed by atoms with van der Waals surface area (Å²) in [4.78, 5) is 2.22. The second kappa shape index (κ2) is 9.19. The summed E-state index contributed by atoms with van der Waals surface area (Å²) in [5.41, 5.74) is 5.46. The van der Waals surface area contributed by atoms with E-state index in [4.69, 9.17) is 10.9 Å². The predicted octanol–water partition coefficient (Wildman–Crippen LogP) is 2.11. The topological polar surface area (TPSA) is 73.9 Å². The van der Waals surface area contributed by atoms with Crippen LogP contribution in [0.15, 0.2) is 5.16 Å². The number of amidine groups is 1. The summed E-state index contributed by atoms with van der Waals surface area (Å²) in [5, 5.41) is 15.5. The van der Waals surface area contributed by atoms with Crippen LogP contribution < -0.4 is 11.1 Å². The number of oxime groups is 1. The lowest BCUT2D eigenvalue weighted by Crippen LogP contribution is -2.42. The molecule has 5 heteroatoms. The van der Waals surface area contributed by atoms with E-state index in [1.807, 2.05) is 13.8 Å². The van der Waals surface area contributed by atoms with E-state index in [1.165, 1.54) is 0 Å². The molecular formula is C15H34N4O. The van der Waals surface area contributed by atoms with Crippen molar-refractivity contribution in [1.29, 1.82) is 0 Å². The molecule has 0 aromatic heterocycles. The number of unbranched alkanes of at least 4 members (excludes halogenated alkanes) is 1. The zero-order valence-electron chi connectivity index (χ0n) is 14.1. The summed E-state index contributed by atoms with van der Waals surface area (Å²) in [6, 6.07) is 0.530. The Morgan fingerprint density at radius 3 is 2.35 bits per heavy atom. The standard InChI is InChI=1S/C15H34N4O/c1-12(2)13(11-19(5)6)17-10-8-7-9-15(3,4)14(16)18-20/h12-13,17,20H,7-11H2,1-6H3,(H2,16,18). The smallest absolute Gasteiger partial charge is 0.144 e. The van der Waals surface area contributed by atoms with Crippen molar-refractivity contribution in [2.75, 3.05) is 27.2 Å². The number of hydrogen-bond acceptors (Lipinski definition) is 4. The van der Waals surface area contributed by atoms with Crippen LogP contribution in [0.2, 0.25) is 0 Å². The van der Waals surface area contributed by atoms with Crippen molar-refractivity contribution in [3.63, 3.8) is 0 Å². The van der Waals surface area contributed by atoms with Crippen molar-refractivity contribution >= 4 is 5.84 Å². The molecule has 0 bridgehead atoms. The highest BCUT2D eigenvalue weighted by Gasteiger charge is 2.22. The molecule has 0 aliphatic rings. The van der Waals surface area contributed by atoms with Crippen molar-refractivity contribution in [3.8, 4) is 0 Å². The number of hydrogen-bond donors (Lipinski definition) is 3. The fraction of sp³-hybridized carbons (Fsp3) is 0.933. The van der Waals surface area contributed by atoms with Crippen LogP contribution in [-0.2, 0) is 0 Å². The molecule has 120 valence electrons. The van der Waals surface area contributed by atoms with Crippen LogP contribution in [0.4, 0.5) is 0 Å². The van der Waals surface area contributed by atoms with Crippen LogP contribution in [0, 0.1) is 11.3 Å². The molecule has 0 fully saturated rings. The molecule has 0 aromatic carbocycles. The molecule has 0 saturated carbocycles. The third-order valence-electron chi connectivity index (χ3n) is 3.80. The quantitative estimate of drug-likeness (QED) is 0.189. The van der Waals surface area contributed by atoms with E-state index in [0.717, 1.165) is 32.4 Å². The highest BCUT2D eigenvalue weighted by Crippen LogP contribution is 2.23. The van der Waals surface area contributed by atoms with E-state index in [-0.39, 0.29) is 5.41 Å². The first-order valence-electron chi connectivity index (χ1n) is 7.57. The van der Waals surface area contributed by atoms with Crippen molar-refractivity contribution in [2.45, 2.75) is 53.0 Å². The van der Waals surface area contributed by atoms with Crippen molar-refractivity contribution in [1.82, 2.24) is 10.2 Å². The van der Waals surface area contributed by atoms with Gasteiger partial charge in [0.25, 0.3) is 0 Å². The van der Waals surface area contributed by atoms with Crippen LogP contribution in [0.1, 0.15) is 47.0 Å². The maximum atomic E-state index is 8.74. The van der Waals surface area contributed by atoms with Gasteiger partial charge in [0.15, 0.2) is 0 Å². The average molecular weight is 286 g/mol. The lowest BCUT2D eigenvalue weighted by molar-refractivity contribution is 0.285. The van der Waals surface area contributed by atoms with Crippen LogP contribution in [0.5, 0.6) is 0 Å². The number of nitrogens with one attached hydrogen (secondary N) is 1. The molecule has 0 aliphatic heterocycles. The minimum atomic E-state index is -0.226. The van der Waals surface area contributed by atoms with E-state index >= 15 is 0 Å². The van der Waals surface area contributed by atoms with Gasteiger partial charge < -0.3 is 21.2 Å². The molecule has 0 radical (unpaired) electrons. The molecule has 0 aromatic rings. The number of likely N-dealkylation sites (N-methyl/N-ethyl adjacent to an activating group) is 1. The summed E-state index contributed by atoms with van der Waals surface area (Å²) in [6.45, 7) is 10.6. The second-order valence-electron chi connectivity index (χ2n) is 6.89. The van der Waals surface area contributed by atoms with Gasteiger partial charge in [-0.3, -0.25) is 0 Å². The summed E-state index contributed by atoms with van der Waals surface area (Å²) in [6.07, 6.45) is 3.12. The Balaban J connectivity index is 3.95. The van der Waals surface area contributed by atoms with Crippen LogP contribution >= 0.6 is 0 Å². The molecule has 20 heavy (non-hydrogen) atoms. The van der Waals surface area contributed by atoms with Gasteiger partial charge in [0, 0.05) is 18.0 Å². The van der Waals surface area contributed by atoms with Crippen molar-refractivity contribution in [3.05, 3.63) is 0 Å². The van der Waals surface area contributed by atoms with Gasteiger partial charge in [-0.05, 0) is 39.4 Å². The second-order valence-corrected chi connectivity index (χ2v) is 6.89. The normalized spacial score (nSPS) is 15.1. The molecule has 0 rings (SSSR count). The monoisotopic (exact) mass is 286 g/mol. The number of nitrogens with two attached hydrogens (primary N) is 1. The van der Waals surface area contributed by atoms with E-state index in [2.05, 4.69) is 43.3 Å². The van der Waals surface area contributed by atoms with Crippen LogP contribution in [-0.4, -0.2) is 49.2 Å². The Bertz CT molecular complexity index is 288. The van der Waals surface area contributed by atoms with E-state index in [0.29, 0.717) is 17.8 Å². The highest BCUT2D eigenvalue weighted by molar-refractivity contribution is 5.85. The van der Waals surface area contributed by atoms with Gasteiger partial charge in [0.1, 0.15) is 5.84 Å². The van der Waals surface area contributed by atoms with Gasteiger partial charge in [0.05, 0.1) is 0 Å². The number of nitrogens with zero attached hydrogens (tertiary/aromatic N) is 2. The molecule has 0 heterocycles. The van der Waals surface area contributed by atoms with Crippen LogP contribution in [0.25, 0.3) is 0 Å². The van der Waals surface area contributed by atoms with E-state index in [1.54, 1.807) is 0 Å². The van der Waals surface area contributed by atoms with Gasteiger partial charge in [-0.1, -0.05) is 39.3 Å². The fourth-order valence-corrected chi connectivity index (χ4v) is 2.15. The van der Waals surface area contributed by atoms with Crippen molar-refractivity contribution in [2.24, 2.45) is 22.2 Å². The summed E-state index contributed by atoms with van der Waals surface area (Å²) in [5.74, 6) is 0.948. The molecule has 0 aliphatic carbocycles. The third-order valence-corrected chi connectivity index (χ3v) is 3.80. The van der Waals surface area contributed by atoms with Crippen molar-refractivity contribution < 1.29 is 5.21 Å².